The molecule has 0 bridgehead atoms. The molecule has 2 heteroatoms. The molecule has 0 aliphatic carbocycles. The molecule has 16 heavy (non-hydrogen) atoms. The van der Waals surface area contributed by atoms with Crippen molar-refractivity contribution in [3.8, 4) is 0 Å². The van der Waals surface area contributed by atoms with Crippen molar-refractivity contribution in [3.63, 3.8) is 0 Å². The molecule has 0 saturated carbocycles. The van der Waals surface area contributed by atoms with E-state index in [1.807, 2.05) is 0 Å². The topological polar surface area (TPSA) is 17.0 Å². The largest absolute Gasteiger partial charge is 0.323 e. The second-order valence-electron chi connectivity index (χ2n) is 4.93. The number of rotatable bonds is 6. The molecular formula is C14H26N2. The number of hydrogen-bond acceptors (Lipinski definition) is 1. The summed E-state index contributed by atoms with van der Waals surface area (Å²) in [5.41, 5.74) is 6.21. The van der Waals surface area contributed by atoms with Gasteiger partial charge in [0.2, 0.25) is 0 Å². The van der Waals surface area contributed by atoms with Crippen LogP contribution in [0.5, 0.6) is 0 Å². The zero-order valence-corrected chi connectivity index (χ0v) is 11.4. The zero-order chi connectivity index (χ0) is 12.1. The summed E-state index contributed by atoms with van der Waals surface area (Å²) < 4.78 is 2.22. The van der Waals surface area contributed by atoms with Crippen LogP contribution in [-0.4, -0.2) is 10.7 Å². The fraction of sp³-hybridized carbons (Fsp3) is 0.714. The number of nitrogens with one attached hydrogen (secondary N) is 1. The first kappa shape index (κ1) is 13.1. The van der Waals surface area contributed by atoms with E-state index in [-0.39, 0.29) is 0 Å². The Morgan fingerprint density at radius 3 is 2.12 bits per heavy atom. The highest BCUT2D eigenvalue weighted by molar-refractivity contribution is 5.15. The number of aromatic nitrogens is 1. The lowest BCUT2D eigenvalue weighted by Gasteiger charge is -2.24. The van der Waals surface area contributed by atoms with Crippen molar-refractivity contribution >= 4 is 0 Å². The van der Waals surface area contributed by atoms with Crippen LogP contribution in [0, 0.1) is 19.8 Å². The van der Waals surface area contributed by atoms with Crippen LogP contribution >= 0.6 is 0 Å². The summed E-state index contributed by atoms with van der Waals surface area (Å²) in [5, 5.41) is 0. The molecular weight excluding hydrogens is 196 g/mol. The van der Waals surface area contributed by atoms with Gasteiger partial charge in [0.15, 0.2) is 0 Å². The van der Waals surface area contributed by atoms with E-state index in [2.05, 4.69) is 56.9 Å². The highest BCUT2D eigenvalue weighted by atomic mass is 15.4. The lowest BCUT2D eigenvalue weighted by molar-refractivity contribution is 0.440. The van der Waals surface area contributed by atoms with Gasteiger partial charge in [0, 0.05) is 17.4 Å². The molecule has 1 N–H and O–H groups in total. The second kappa shape index (κ2) is 5.97. The van der Waals surface area contributed by atoms with Gasteiger partial charge in [-0.1, -0.05) is 27.2 Å². The minimum absolute atomic E-state index is 0.583. The van der Waals surface area contributed by atoms with Gasteiger partial charge < -0.3 is 5.43 Å². The summed E-state index contributed by atoms with van der Waals surface area (Å²) in [5.74, 6) is 0.800. The molecule has 0 aromatic carbocycles. The van der Waals surface area contributed by atoms with E-state index >= 15 is 0 Å². The van der Waals surface area contributed by atoms with Crippen LogP contribution < -0.4 is 5.43 Å². The summed E-state index contributed by atoms with van der Waals surface area (Å²) in [6, 6.07) is 4.91. The Kier molecular flexibility index (Phi) is 4.91. The van der Waals surface area contributed by atoms with Gasteiger partial charge in [-0.25, -0.2) is 0 Å². The summed E-state index contributed by atoms with van der Waals surface area (Å²) in [4.78, 5) is 0. The van der Waals surface area contributed by atoms with Crippen molar-refractivity contribution in [2.45, 2.75) is 59.9 Å². The van der Waals surface area contributed by atoms with Crippen molar-refractivity contribution in [2.75, 3.05) is 5.43 Å². The SMILES string of the molecule is CCC(C)CC(CC)Nn1c(C)ccc1C. The first-order chi connectivity index (χ1) is 7.58. The molecule has 0 amide bonds. The number of hydrogen-bond donors (Lipinski definition) is 1. The van der Waals surface area contributed by atoms with Crippen LogP contribution in [0.25, 0.3) is 0 Å². The van der Waals surface area contributed by atoms with E-state index in [0.717, 1.165) is 5.92 Å². The molecule has 2 unspecified atom stereocenters. The van der Waals surface area contributed by atoms with Crippen LogP contribution in [0.3, 0.4) is 0 Å². The summed E-state index contributed by atoms with van der Waals surface area (Å²) >= 11 is 0. The average molecular weight is 222 g/mol. The molecule has 0 spiro atoms. The molecule has 2 nitrogen and oxygen atoms in total. The molecule has 92 valence electrons. The molecule has 0 radical (unpaired) electrons. The van der Waals surface area contributed by atoms with E-state index in [1.165, 1.54) is 30.7 Å². The van der Waals surface area contributed by atoms with Gasteiger partial charge in [0.1, 0.15) is 0 Å². The molecule has 1 rings (SSSR count). The van der Waals surface area contributed by atoms with Crippen molar-refractivity contribution in [3.05, 3.63) is 23.5 Å². The number of nitrogens with zero attached hydrogens (tertiary/aromatic N) is 1. The van der Waals surface area contributed by atoms with Gasteiger partial charge in [-0.3, -0.25) is 4.68 Å². The van der Waals surface area contributed by atoms with Crippen LogP contribution in [0.15, 0.2) is 12.1 Å². The van der Waals surface area contributed by atoms with E-state index in [4.69, 9.17) is 0 Å². The van der Waals surface area contributed by atoms with Crippen molar-refractivity contribution in [1.29, 1.82) is 0 Å². The first-order valence-corrected chi connectivity index (χ1v) is 6.49. The third-order valence-electron chi connectivity index (χ3n) is 3.46. The Morgan fingerprint density at radius 2 is 1.69 bits per heavy atom. The highest BCUT2D eigenvalue weighted by Crippen LogP contribution is 2.14. The van der Waals surface area contributed by atoms with E-state index in [1.54, 1.807) is 0 Å². The van der Waals surface area contributed by atoms with Crippen LogP contribution in [0.4, 0.5) is 0 Å². The maximum atomic E-state index is 3.63. The molecule has 0 aliphatic heterocycles. The summed E-state index contributed by atoms with van der Waals surface area (Å²) in [6.45, 7) is 11.2. The van der Waals surface area contributed by atoms with E-state index in [0.29, 0.717) is 6.04 Å². The predicted molar refractivity (Wildman–Crippen MR) is 71.4 cm³/mol. The molecule has 2 atom stereocenters. The molecule has 0 fully saturated rings. The van der Waals surface area contributed by atoms with Crippen LogP contribution in [0.2, 0.25) is 0 Å². The minimum Gasteiger partial charge on any atom is -0.323 e. The van der Waals surface area contributed by atoms with Crippen LogP contribution in [0.1, 0.15) is 51.4 Å². The van der Waals surface area contributed by atoms with Crippen molar-refractivity contribution in [2.24, 2.45) is 5.92 Å². The first-order valence-electron chi connectivity index (χ1n) is 6.49. The summed E-state index contributed by atoms with van der Waals surface area (Å²) in [6.07, 6.45) is 3.70. The third kappa shape index (κ3) is 3.29. The molecule has 1 aromatic heterocycles. The van der Waals surface area contributed by atoms with Gasteiger partial charge in [0.05, 0.1) is 0 Å². The van der Waals surface area contributed by atoms with E-state index in [9.17, 15) is 0 Å². The van der Waals surface area contributed by atoms with Crippen molar-refractivity contribution < 1.29 is 0 Å². The normalized spacial score (nSPS) is 14.8. The average Bonchev–Trinajstić information content (AvgIpc) is 2.59. The fourth-order valence-corrected chi connectivity index (χ4v) is 2.02. The quantitative estimate of drug-likeness (QED) is 0.773. The second-order valence-corrected chi connectivity index (χ2v) is 4.93. The summed E-state index contributed by atoms with van der Waals surface area (Å²) in [7, 11) is 0. The highest BCUT2D eigenvalue weighted by Gasteiger charge is 2.11. The Balaban J connectivity index is 2.63. The standard InChI is InChI=1S/C14H26N2/c1-6-11(3)10-14(7-2)15-16-12(4)8-9-13(16)5/h8-9,11,14-15H,6-7,10H2,1-5H3. The third-order valence-corrected chi connectivity index (χ3v) is 3.46. The molecule has 1 aromatic rings. The lowest BCUT2D eigenvalue weighted by atomic mass is 9.98. The van der Waals surface area contributed by atoms with Gasteiger partial charge in [-0.2, -0.15) is 0 Å². The molecule has 1 heterocycles. The maximum Gasteiger partial charge on any atom is 0.0424 e. The minimum atomic E-state index is 0.583. The predicted octanol–water partition coefficient (Wildman–Crippen LogP) is 3.86. The van der Waals surface area contributed by atoms with Gasteiger partial charge >= 0.3 is 0 Å². The van der Waals surface area contributed by atoms with Crippen molar-refractivity contribution in [1.82, 2.24) is 4.68 Å². The Labute approximate surface area is 100 Å². The maximum absolute atomic E-state index is 3.63. The van der Waals surface area contributed by atoms with E-state index < -0.39 is 0 Å². The Bertz CT molecular complexity index is 295. The molecule has 0 saturated heterocycles. The Morgan fingerprint density at radius 1 is 1.12 bits per heavy atom. The number of aryl methyl sites for hydroxylation is 2. The molecule has 0 aliphatic rings. The monoisotopic (exact) mass is 222 g/mol. The smallest absolute Gasteiger partial charge is 0.0424 e. The fourth-order valence-electron chi connectivity index (χ4n) is 2.02. The zero-order valence-electron chi connectivity index (χ0n) is 11.4. The van der Waals surface area contributed by atoms with Gasteiger partial charge in [-0.05, 0) is 44.7 Å². The lowest BCUT2D eigenvalue weighted by Crippen LogP contribution is -2.30. The van der Waals surface area contributed by atoms with Gasteiger partial charge in [0.25, 0.3) is 0 Å². The van der Waals surface area contributed by atoms with Gasteiger partial charge in [-0.15, -0.1) is 0 Å². The van der Waals surface area contributed by atoms with Crippen LogP contribution in [-0.2, 0) is 0 Å². The Hall–Kier alpha value is -0.920.